The number of rotatable bonds is 2. The van der Waals surface area contributed by atoms with E-state index in [0.29, 0.717) is 0 Å². The molecule has 8 aromatic carbocycles. The summed E-state index contributed by atoms with van der Waals surface area (Å²) in [4.78, 5) is 0. The van der Waals surface area contributed by atoms with Gasteiger partial charge in [-0.15, -0.1) is 0 Å². The first kappa shape index (κ1) is 22.4. The molecular weight excluding hydrogens is 496 g/mol. The van der Waals surface area contributed by atoms with Gasteiger partial charge in [-0.25, -0.2) is 0 Å². The molecule has 0 fully saturated rings. The van der Waals surface area contributed by atoms with Gasteiger partial charge in [-0.2, -0.15) is 0 Å². The summed E-state index contributed by atoms with van der Waals surface area (Å²) in [5.74, 6) is 1.83. The van der Waals surface area contributed by atoms with Crippen LogP contribution in [0.4, 0.5) is 0 Å². The maximum absolute atomic E-state index is 6.37. The van der Waals surface area contributed by atoms with Crippen molar-refractivity contribution in [2.45, 2.75) is 0 Å². The molecule has 0 N–H and O–H groups in total. The predicted molar refractivity (Wildman–Crippen MR) is 173 cm³/mol. The highest BCUT2D eigenvalue weighted by Crippen LogP contribution is 2.49. The molecule has 190 valence electrons. The molecule has 8 aromatic rings. The molecule has 1 aliphatic heterocycles. The Balaban J connectivity index is 1.35. The van der Waals surface area contributed by atoms with Gasteiger partial charge in [-0.1, -0.05) is 121 Å². The van der Waals surface area contributed by atoms with Gasteiger partial charge in [0.2, 0.25) is 0 Å². The number of ether oxygens (including phenoxy) is 1. The van der Waals surface area contributed by atoms with Crippen LogP contribution in [0.25, 0.3) is 76.5 Å². The van der Waals surface area contributed by atoms with Crippen LogP contribution in [0.1, 0.15) is 0 Å². The van der Waals surface area contributed by atoms with Gasteiger partial charge in [-0.05, 0) is 89.8 Å². The maximum Gasteiger partial charge on any atom is 0.135 e. The molecule has 0 atom stereocenters. The van der Waals surface area contributed by atoms with E-state index in [0.717, 1.165) is 17.1 Å². The Morgan fingerprint density at radius 3 is 2.07 bits per heavy atom. The van der Waals surface area contributed by atoms with Crippen LogP contribution in [0, 0.1) is 0 Å². The van der Waals surface area contributed by atoms with E-state index in [-0.39, 0.29) is 0 Å². The van der Waals surface area contributed by atoms with E-state index in [4.69, 9.17) is 4.74 Å². The molecule has 0 radical (unpaired) electrons. The highest BCUT2D eigenvalue weighted by Gasteiger charge is 2.21. The van der Waals surface area contributed by atoms with Crippen molar-refractivity contribution in [2.75, 3.05) is 0 Å². The molecule has 0 unspecified atom stereocenters. The molecule has 41 heavy (non-hydrogen) atoms. The van der Waals surface area contributed by atoms with E-state index in [1.807, 2.05) is 12.1 Å². The van der Waals surface area contributed by atoms with E-state index < -0.39 is 0 Å². The Kier molecular flexibility index (Phi) is 4.67. The van der Waals surface area contributed by atoms with Crippen molar-refractivity contribution in [3.8, 4) is 44.9 Å². The van der Waals surface area contributed by atoms with Gasteiger partial charge in [-0.3, -0.25) is 0 Å². The third-order valence-corrected chi connectivity index (χ3v) is 8.64. The van der Waals surface area contributed by atoms with Crippen molar-refractivity contribution in [1.29, 1.82) is 0 Å². The summed E-state index contributed by atoms with van der Waals surface area (Å²) >= 11 is 0. The van der Waals surface area contributed by atoms with E-state index in [2.05, 4.69) is 133 Å². The van der Waals surface area contributed by atoms with E-state index in [1.165, 1.54) is 70.9 Å². The molecule has 0 saturated heterocycles. The van der Waals surface area contributed by atoms with Crippen LogP contribution in [0.2, 0.25) is 0 Å². The first-order valence-electron chi connectivity index (χ1n) is 14.1. The molecule has 0 saturated carbocycles. The SMILES string of the molecule is c1ccc(-c2c3cc(-c4ccc5c6c(cccc46)-c4ccccc4O5)ccc3cc3c2ccc2ccccc23)cc1. The standard InChI is InChI=1S/C40H24O/c1-2-10-26(11-3-1)39-34-20-19-25-9-4-5-12-29(25)36(34)24-28-18-17-27(23-35(28)39)30-21-22-38-40-32(30)14-8-15-33(40)31-13-6-7-16-37(31)41-38/h1-24H. The summed E-state index contributed by atoms with van der Waals surface area (Å²) in [7, 11) is 0. The molecule has 0 amide bonds. The van der Waals surface area contributed by atoms with Crippen molar-refractivity contribution in [1.82, 2.24) is 0 Å². The van der Waals surface area contributed by atoms with Crippen LogP contribution >= 0.6 is 0 Å². The predicted octanol–water partition coefficient (Wildman–Crippen LogP) is 11.4. The molecule has 1 heterocycles. The van der Waals surface area contributed by atoms with E-state index >= 15 is 0 Å². The Labute approximate surface area is 237 Å². The zero-order valence-electron chi connectivity index (χ0n) is 22.3. The molecule has 0 aliphatic carbocycles. The maximum atomic E-state index is 6.37. The Hall–Kier alpha value is -5.40. The molecule has 1 aliphatic rings. The second kappa shape index (κ2) is 8.55. The van der Waals surface area contributed by atoms with Crippen LogP contribution in [0.5, 0.6) is 11.5 Å². The molecular formula is C40H24O. The van der Waals surface area contributed by atoms with Gasteiger partial charge in [0.15, 0.2) is 0 Å². The van der Waals surface area contributed by atoms with Gasteiger partial charge < -0.3 is 4.74 Å². The van der Waals surface area contributed by atoms with Crippen molar-refractivity contribution < 1.29 is 4.74 Å². The summed E-state index contributed by atoms with van der Waals surface area (Å²) in [6.07, 6.45) is 0. The second-order valence-electron chi connectivity index (χ2n) is 10.9. The lowest BCUT2D eigenvalue weighted by molar-refractivity contribution is 0.487. The zero-order chi connectivity index (χ0) is 26.9. The summed E-state index contributed by atoms with van der Waals surface area (Å²) in [6.45, 7) is 0. The van der Waals surface area contributed by atoms with Crippen molar-refractivity contribution in [3.63, 3.8) is 0 Å². The fourth-order valence-electron chi connectivity index (χ4n) is 6.78. The lowest BCUT2D eigenvalue weighted by Gasteiger charge is -2.22. The van der Waals surface area contributed by atoms with Crippen molar-refractivity contribution in [3.05, 3.63) is 146 Å². The quantitative estimate of drug-likeness (QED) is 0.163. The van der Waals surface area contributed by atoms with Crippen molar-refractivity contribution in [2.24, 2.45) is 0 Å². The topological polar surface area (TPSA) is 9.23 Å². The fourth-order valence-corrected chi connectivity index (χ4v) is 6.78. The molecule has 1 nitrogen and oxygen atoms in total. The first-order chi connectivity index (χ1) is 20.3. The molecule has 1 heteroatoms. The van der Waals surface area contributed by atoms with E-state index in [1.54, 1.807) is 0 Å². The lowest BCUT2D eigenvalue weighted by Crippen LogP contribution is -1.97. The molecule has 0 bridgehead atoms. The number of hydrogen-bond acceptors (Lipinski definition) is 1. The van der Waals surface area contributed by atoms with Gasteiger partial charge in [0, 0.05) is 10.9 Å². The highest BCUT2D eigenvalue weighted by atomic mass is 16.5. The third-order valence-electron chi connectivity index (χ3n) is 8.64. The first-order valence-corrected chi connectivity index (χ1v) is 14.1. The van der Waals surface area contributed by atoms with Gasteiger partial charge in [0.05, 0.1) is 0 Å². The zero-order valence-corrected chi connectivity index (χ0v) is 22.3. The smallest absolute Gasteiger partial charge is 0.135 e. The van der Waals surface area contributed by atoms with Crippen molar-refractivity contribution >= 4 is 43.1 Å². The monoisotopic (exact) mass is 520 g/mol. The summed E-state index contributed by atoms with van der Waals surface area (Å²) in [5.41, 5.74) is 7.31. The molecule has 0 spiro atoms. The number of fused-ring (bicyclic) bond motifs is 6. The Bertz CT molecular complexity index is 2330. The Morgan fingerprint density at radius 1 is 0.341 bits per heavy atom. The third kappa shape index (κ3) is 3.30. The van der Waals surface area contributed by atoms with Gasteiger partial charge >= 0.3 is 0 Å². The average molecular weight is 521 g/mol. The number of benzene rings is 8. The van der Waals surface area contributed by atoms with Crippen LogP contribution in [0.3, 0.4) is 0 Å². The minimum atomic E-state index is 0.915. The molecule has 9 rings (SSSR count). The van der Waals surface area contributed by atoms with Gasteiger partial charge in [0.25, 0.3) is 0 Å². The largest absolute Gasteiger partial charge is 0.456 e. The summed E-state index contributed by atoms with van der Waals surface area (Å²) in [6, 6.07) is 52.6. The van der Waals surface area contributed by atoms with Crippen LogP contribution in [-0.2, 0) is 0 Å². The second-order valence-corrected chi connectivity index (χ2v) is 10.9. The van der Waals surface area contributed by atoms with Gasteiger partial charge in [0.1, 0.15) is 11.5 Å². The number of hydrogen-bond donors (Lipinski definition) is 0. The lowest BCUT2D eigenvalue weighted by atomic mass is 9.87. The minimum absolute atomic E-state index is 0.915. The normalized spacial score (nSPS) is 12.1. The Morgan fingerprint density at radius 2 is 1.12 bits per heavy atom. The van der Waals surface area contributed by atoms with Crippen LogP contribution < -0.4 is 4.74 Å². The van der Waals surface area contributed by atoms with E-state index in [9.17, 15) is 0 Å². The fraction of sp³-hybridized carbons (Fsp3) is 0. The molecule has 0 aromatic heterocycles. The number of para-hydroxylation sites is 1. The average Bonchev–Trinajstić information content (AvgIpc) is 3.04. The van der Waals surface area contributed by atoms with Crippen LogP contribution in [0.15, 0.2) is 146 Å². The summed E-state index contributed by atoms with van der Waals surface area (Å²) < 4.78 is 6.37. The minimum Gasteiger partial charge on any atom is -0.456 e. The highest BCUT2D eigenvalue weighted by molar-refractivity contribution is 6.21. The summed E-state index contributed by atoms with van der Waals surface area (Å²) in [5, 5.41) is 10.0. The van der Waals surface area contributed by atoms with Crippen LogP contribution in [-0.4, -0.2) is 0 Å².